The molecule has 0 N–H and O–H groups in total. The summed E-state index contributed by atoms with van der Waals surface area (Å²) in [5.41, 5.74) is 2.71. The predicted octanol–water partition coefficient (Wildman–Crippen LogP) is 7.41. The summed E-state index contributed by atoms with van der Waals surface area (Å²) in [6, 6.07) is 8.06. The van der Waals surface area contributed by atoms with Crippen LogP contribution in [-0.2, 0) is 11.2 Å². The lowest BCUT2D eigenvalue weighted by Gasteiger charge is -2.24. The Hall–Kier alpha value is -1.94. The minimum absolute atomic E-state index is 0.263. The minimum Gasteiger partial charge on any atom is -0.491 e. The van der Waals surface area contributed by atoms with Crippen LogP contribution in [0.3, 0.4) is 0 Å². The molecule has 0 amide bonds. The lowest BCUT2D eigenvalue weighted by Crippen LogP contribution is -2.11. The first-order valence-electron chi connectivity index (χ1n) is 12.7. The van der Waals surface area contributed by atoms with Crippen LogP contribution in [0, 0.1) is 5.41 Å². The summed E-state index contributed by atoms with van der Waals surface area (Å²) < 4.78 is 11.6. The van der Waals surface area contributed by atoms with Crippen LogP contribution < -0.4 is 4.74 Å². The second-order valence-electron chi connectivity index (χ2n) is 10.1. The van der Waals surface area contributed by atoms with E-state index in [1.54, 1.807) is 0 Å². The molecule has 0 aliphatic carbocycles. The van der Waals surface area contributed by atoms with Gasteiger partial charge in [-0.1, -0.05) is 59.8 Å². The van der Waals surface area contributed by atoms with E-state index in [2.05, 4.69) is 37.7 Å². The summed E-state index contributed by atoms with van der Waals surface area (Å²) in [5, 5.41) is 0. The molecule has 32 heavy (non-hydrogen) atoms. The first-order chi connectivity index (χ1) is 15.5. The third-order valence-electron chi connectivity index (χ3n) is 6.54. The van der Waals surface area contributed by atoms with Gasteiger partial charge in [-0.25, -0.2) is 9.97 Å². The number of rotatable bonds is 15. The Morgan fingerprint density at radius 3 is 2.25 bits per heavy atom. The molecule has 3 rings (SSSR count). The van der Waals surface area contributed by atoms with Gasteiger partial charge >= 0.3 is 0 Å². The Balaban J connectivity index is 1.39. The summed E-state index contributed by atoms with van der Waals surface area (Å²) in [7, 11) is 0. The van der Waals surface area contributed by atoms with Gasteiger partial charge in [0.15, 0.2) is 5.82 Å². The second-order valence-corrected chi connectivity index (χ2v) is 10.1. The first kappa shape index (κ1) is 24.7. The van der Waals surface area contributed by atoms with Crippen molar-refractivity contribution < 1.29 is 9.47 Å². The van der Waals surface area contributed by atoms with E-state index in [9.17, 15) is 0 Å². The number of benzene rings is 1. The van der Waals surface area contributed by atoms with Crippen molar-refractivity contribution in [1.82, 2.24) is 9.97 Å². The number of hydrogen-bond acceptors (Lipinski definition) is 4. The highest BCUT2D eigenvalue weighted by molar-refractivity contribution is 5.55. The van der Waals surface area contributed by atoms with Gasteiger partial charge in [0.1, 0.15) is 18.5 Å². The summed E-state index contributed by atoms with van der Waals surface area (Å²) in [6.07, 6.45) is 17.0. The maximum atomic E-state index is 5.88. The van der Waals surface area contributed by atoms with Crippen LogP contribution in [0.1, 0.15) is 91.0 Å². The number of ether oxygens (including phenoxy) is 2. The zero-order valence-corrected chi connectivity index (χ0v) is 20.6. The summed E-state index contributed by atoms with van der Waals surface area (Å²) >= 11 is 0. The van der Waals surface area contributed by atoms with Crippen molar-refractivity contribution >= 4 is 0 Å². The van der Waals surface area contributed by atoms with E-state index in [0.29, 0.717) is 18.1 Å². The largest absolute Gasteiger partial charge is 0.491 e. The van der Waals surface area contributed by atoms with Gasteiger partial charge in [0.25, 0.3) is 0 Å². The van der Waals surface area contributed by atoms with Gasteiger partial charge in [-0.2, -0.15) is 0 Å². The van der Waals surface area contributed by atoms with Crippen molar-refractivity contribution in [1.29, 1.82) is 0 Å². The third kappa shape index (κ3) is 8.20. The van der Waals surface area contributed by atoms with Crippen LogP contribution >= 0.6 is 0 Å². The van der Waals surface area contributed by atoms with Gasteiger partial charge in [-0.15, -0.1) is 0 Å². The highest BCUT2D eigenvalue weighted by Crippen LogP contribution is 2.30. The zero-order chi connectivity index (χ0) is 22.8. The summed E-state index contributed by atoms with van der Waals surface area (Å²) in [4.78, 5) is 9.19. The molecule has 4 heteroatoms. The Labute approximate surface area is 195 Å². The van der Waals surface area contributed by atoms with Crippen LogP contribution in [0.5, 0.6) is 5.75 Å². The molecule has 1 aliphatic heterocycles. The Morgan fingerprint density at radius 2 is 1.56 bits per heavy atom. The van der Waals surface area contributed by atoms with Crippen molar-refractivity contribution in [2.75, 3.05) is 6.61 Å². The van der Waals surface area contributed by atoms with Gasteiger partial charge in [0.2, 0.25) is 0 Å². The maximum Gasteiger partial charge on any atom is 0.159 e. The van der Waals surface area contributed by atoms with E-state index in [1.165, 1.54) is 56.9 Å². The molecule has 176 valence electrons. The average molecular weight is 439 g/mol. The number of nitrogens with zero attached hydrogens (tertiary/aromatic N) is 2. The SMILES string of the molecule is CCCC[C@@H]1O[C@H]1COc1ccc(-c2ncc(CCCCC(C)(C)CCCC)cn2)cc1. The van der Waals surface area contributed by atoms with E-state index in [1.807, 2.05) is 36.7 Å². The molecule has 1 fully saturated rings. The van der Waals surface area contributed by atoms with E-state index < -0.39 is 0 Å². The number of unbranched alkanes of at least 4 members (excludes halogenated alkanes) is 3. The molecule has 0 bridgehead atoms. The Bertz CT molecular complexity index is 786. The number of epoxide rings is 1. The molecule has 0 unspecified atom stereocenters. The molecule has 0 saturated carbocycles. The van der Waals surface area contributed by atoms with Crippen molar-refractivity contribution in [3.8, 4) is 17.1 Å². The molecule has 1 saturated heterocycles. The van der Waals surface area contributed by atoms with Crippen molar-refractivity contribution in [2.45, 2.75) is 104 Å². The third-order valence-corrected chi connectivity index (χ3v) is 6.54. The lowest BCUT2D eigenvalue weighted by atomic mass is 9.82. The molecule has 2 aromatic rings. The smallest absolute Gasteiger partial charge is 0.159 e. The van der Waals surface area contributed by atoms with Crippen LogP contribution in [-0.4, -0.2) is 28.8 Å². The fraction of sp³-hybridized carbons (Fsp3) is 0.643. The normalized spacial score (nSPS) is 18.0. The Kier molecular flexibility index (Phi) is 9.52. The van der Waals surface area contributed by atoms with Gasteiger partial charge in [-0.3, -0.25) is 0 Å². The van der Waals surface area contributed by atoms with E-state index in [0.717, 1.165) is 30.0 Å². The minimum atomic E-state index is 0.263. The van der Waals surface area contributed by atoms with Crippen molar-refractivity contribution in [2.24, 2.45) is 5.41 Å². The van der Waals surface area contributed by atoms with E-state index >= 15 is 0 Å². The molecule has 1 aliphatic rings. The lowest BCUT2D eigenvalue weighted by molar-refractivity contribution is 0.259. The van der Waals surface area contributed by atoms with Crippen LogP contribution in [0.2, 0.25) is 0 Å². The molecular formula is C28H42N2O2. The second kappa shape index (κ2) is 12.3. The average Bonchev–Trinajstić information content (AvgIpc) is 3.57. The molecule has 1 aromatic heterocycles. The topological polar surface area (TPSA) is 47.5 Å². The molecular weight excluding hydrogens is 396 g/mol. The molecule has 4 nitrogen and oxygen atoms in total. The number of hydrogen-bond donors (Lipinski definition) is 0. The quantitative estimate of drug-likeness (QED) is 0.214. The predicted molar refractivity (Wildman–Crippen MR) is 132 cm³/mol. The van der Waals surface area contributed by atoms with Gasteiger partial charge in [0, 0.05) is 18.0 Å². The van der Waals surface area contributed by atoms with Crippen LogP contribution in [0.25, 0.3) is 11.4 Å². The molecule has 2 atom stereocenters. The van der Waals surface area contributed by atoms with Crippen LogP contribution in [0.15, 0.2) is 36.7 Å². The molecule has 0 spiro atoms. The van der Waals surface area contributed by atoms with Gasteiger partial charge in [0.05, 0.1) is 6.10 Å². The molecule has 2 heterocycles. The monoisotopic (exact) mass is 438 g/mol. The maximum absolute atomic E-state index is 5.88. The van der Waals surface area contributed by atoms with E-state index in [4.69, 9.17) is 9.47 Å². The fourth-order valence-electron chi connectivity index (χ4n) is 4.21. The first-order valence-corrected chi connectivity index (χ1v) is 12.7. The summed E-state index contributed by atoms with van der Waals surface area (Å²) in [5.74, 6) is 1.64. The standard InChI is InChI=1S/C28H42N2O2/c1-5-7-12-25-26(32-25)21-31-24-15-13-23(14-16-24)27-29-19-22(20-30-27)11-9-10-18-28(3,4)17-8-6-2/h13-16,19-20,25-26H,5-12,17-18,21H2,1-4H3/t25-,26-/m0/s1. The van der Waals surface area contributed by atoms with Gasteiger partial charge in [-0.05, 0) is 67.3 Å². The summed E-state index contributed by atoms with van der Waals surface area (Å²) in [6.45, 7) is 9.93. The Morgan fingerprint density at radius 1 is 0.875 bits per heavy atom. The highest BCUT2D eigenvalue weighted by Gasteiger charge is 2.38. The number of aromatic nitrogens is 2. The highest BCUT2D eigenvalue weighted by atomic mass is 16.6. The molecule has 0 radical (unpaired) electrons. The van der Waals surface area contributed by atoms with Crippen molar-refractivity contribution in [3.63, 3.8) is 0 Å². The van der Waals surface area contributed by atoms with Crippen LogP contribution in [0.4, 0.5) is 0 Å². The fourth-order valence-corrected chi connectivity index (χ4v) is 4.21. The molecule has 1 aromatic carbocycles. The van der Waals surface area contributed by atoms with E-state index in [-0.39, 0.29) is 6.10 Å². The number of aryl methyl sites for hydroxylation is 1. The van der Waals surface area contributed by atoms with Gasteiger partial charge < -0.3 is 9.47 Å². The van der Waals surface area contributed by atoms with Crippen molar-refractivity contribution in [3.05, 3.63) is 42.2 Å². The zero-order valence-electron chi connectivity index (χ0n) is 20.6.